The molecular weight excluding hydrogens is 246 g/mol. The molecule has 0 spiro atoms. The lowest BCUT2D eigenvalue weighted by atomic mass is 10.1. The van der Waals surface area contributed by atoms with Crippen LogP contribution in [-0.4, -0.2) is 16.1 Å². The zero-order valence-corrected chi connectivity index (χ0v) is 12.9. The highest BCUT2D eigenvalue weighted by Gasteiger charge is 2.06. The maximum atomic E-state index is 4.26. The molecule has 1 aromatic carbocycles. The van der Waals surface area contributed by atoms with Crippen molar-refractivity contribution >= 4 is 0 Å². The van der Waals surface area contributed by atoms with Gasteiger partial charge in [-0.2, -0.15) is 0 Å². The molecule has 2 aromatic rings. The Morgan fingerprint density at radius 3 is 2.40 bits per heavy atom. The van der Waals surface area contributed by atoms with E-state index in [0.717, 1.165) is 24.0 Å². The fourth-order valence-electron chi connectivity index (χ4n) is 2.28. The van der Waals surface area contributed by atoms with E-state index in [0.29, 0.717) is 6.04 Å². The summed E-state index contributed by atoms with van der Waals surface area (Å²) in [7, 11) is 0. The van der Waals surface area contributed by atoms with E-state index < -0.39 is 0 Å². The van der Waals surface area contributed by atoms with Gasteiger partial charge in [0.15, 0.2) is 0 Å². The fraction of sp³-hybridized carbons (Fsp3) is 0.471. The fourth-order valence-corrected chi connectivity index (χ4v) is 2.28. The third-order valence-electron chi connectivity index (χ3n) is 3.67. The van der Waals surface area contributed by atoms with Crippen molar-refractivity contribution in [3.8, 4) is 5.69 Å². The molecule has 108 valence electrons. The van der Waals surface area contributed by atoms with Crippen molar-refractivity contribution in [2.24, 2.45) is 5.92 Å². The van der Waals surface area contributed by atoms with Crippen molar-refractivity contribution in [3.05, 3.63) is 48.0 Å². The highest BCUT2D eigenvalue weighted by Crippen LogP contribution is 2.17. The second-order valence-corrected chi connectivity index (χ2v) is 5.79. The van der Waals surface area contributed by atoms with Crippen LogP contribution in [-0.2, 0) is 0 Å². The molecule has 0 aliphatic carbocycles. The molecule has 3 nitrogen and oxygen atoms in total. The predicted molar refractivity (Wildman–Crippen MR) is 84.2 cm³/mol. The highest BCUT2D eigenvalue weighted by molar-refractivity contribution is 5.36. The average Bonchev–Trinajstić information content (AvgIpc) is 2.84. The summed E-state index contributed by atoms with van der Waals surface area (Å²) < 4.78 is 2.10. The maximum absolute atomic E-state index is 4.26. The van der Waals surface area contributed by atoms with Crippen LogP contribution in [0.15, 0.2) is 36.7 Å². The molecule has 1 heterocycles. The van der Waals surface area contributed by atoms with Crippen LogP contribution >= 0.6 is 0 Å². The molecule has 20 heavy (non-hydrogen) atoms. The number of nitrogens with zero attached hydrogens (tertiary/aromatic N) is 2. The Labute approximate surface area is 122 Å². The molecular formula is C17H25N3. The van der Waals surface area contributed by atoms with Crippen LogP contribution in [0.1, 0.15) is 44.6 Å². The monoisotopic (exact) mass is 271 g/mol. The van der Waals surface area contributed by atoms with Gasteiger partial charge in [0.25, 0.3) is 0 Å². The van der Waals surface area contributed by atoms with Crippen LogP contribution in [0.2, 0.25) is 0 Å². The molecule has 0 amide bonds. The zero-order valence-electron chi connectivity index (χ0n) is 12.9. The van der Waals surface area contributed by atoms with Crippen LogP contribution < -0.4 is 5.32 Å². The highest BCUT2D eigenvalue weighted by atomic mass is 15.1. The number of imidazole rings is 1. The van der Waals surface area contributed by atoms with Gasteiger partial charge in [-0.1, -0.05) is 26.0 Å². The van der Waals surface area contributed by atoms with Crippen molar-refractivity contribution in [1.29, 1.82) is 0 Å². The smallest absolute Gasteiger partial charge is 0.110 e. The minimum absolute atomic E-state index is 0.395. The summed E-state index contributed by atoms with van der Waals surface area (Å²) in [4.78, 5) is 4.26. The molecule has 0 saturated heterocycles. The summed E-state index contributed by atoms with van der Waals surface area (Å²) in [6.45, 7) is 9.83. The minimum Gasteiger partial charge on any atom is -0.310 e. The average molecular weight is 271 g/mol. The molecule has 0 fully saturated rings. The standard InChI is InChI=1S/C17H25N3/c1-13(2)9-10-18-14(3)16-5-7-17(8-6-16)20-12-11-19-15(20)4/h5-8,11-14,18H,9-10H2,1-4H3/t14-/m0/s1. The molecule has 1 atom stereocenters. The van der Waals surface area contributed by atoms with Crippen molar-refractivity contribution in [1.82, 2.24) is 14.9 Å². The second-order valence-electron chi connectivity index (χ2n) is 5.79. The molecule has 0 saturated carbocycles. The molecule has 1 N–H and O–H groups in total. The number of nitrogens with one attached hydrogen (secondary N) is 1. The molecule has 0 unspecified atom stereocenters. The van der Waals surface area contributed by atoms with Gasteiger partial charge >= 0.3 is 0 Å². The van der Waals surface area contributed by atoms with Gasteiger partial charge in [-0.25, -0.2) is 4.98 Å². The number of hydrogen-bond donors (Lipinski definition) is 1. The molecule has 0 aliphatic heterocycles. The third kappa shape index (κ3) is 3.70. The first-order chi connectivity index (χ1) is 9.58. The summed E-state index contributed by atoms with van der Waals surface area (Å²) in [6, 6.07) is 9.10. The first-order valence-corrected chi connectivity index (χ1v) is 7.41. The lowest BCUT2D eigenvalue weighted by Gasteiger charge is -2.16. The summed E-state index contributed by atoms with van der Waals surface area (Å²) in [5.41, 5.74) is 2.49. The summed E-state index contributed by atoms with van der Waals surface area (Å²) >= 11 is 0. The molecule has 2 rings (SSSR count). The molecule has 0 bridgehead atoms. The van der Waals surface area contributed by atoms with Crippen molar-refractivity contribution < 1.29 is 0 Å². The normalized spacial score (nSPS) is 12.8. The zero-order chi connectivity index (χ0) is 14.5. The number of aryl methyl sites for hydroxylation is 1. The lowest BCUT2D eigenvalue weighted by molar-refractivity contribution is 0.497. The Kier molecular flexibility index (Phi) is 4.96. The van der Waals surface area contributed by atoms with E-state index >= 15 is 0 Å². The Balaban J connectivity index is 1.99. The summed E-state index contributed by atoms with van der Waals surface area (Å²) in [5, 5.41) is 3.58. The predicted octanol–water partition coefficient (Wildman–Crippen LogP) is 3.88. The Hall–Kier alpha value is -1.61. The second kappa shape index (κ2) is 6.71. The third-order valence-corrected chi connectivity index (χ3v) is 3.67. The SMILES string of the molecule is Cc1nccn1-c1ccc([C@H](C)NCCC(C)C)cc1. The number of rotatable bonds is 6. The van der Waals surface area contributed by atoms with Crippen LogP contribution in [0.3, 0.4) is 0 Å². The van der Waals surface area contributed by atoms with E-state index in [1.54, 1.807) is 0 Å². The minimum atomic E-state index is 0.395. The van der Waals surface area contributed by atoms with E-state index in [1.165, 1.54) is 12.0 Å². The first kappa shape index (κ1) is 14.8. The van der Waals surface area contributed by atoms with Gasteiger partial charge in [0.2, 0.25) is 0 Å². The molecule has 0 aliphatic rings. The quantitative estimate of drug-likeness (QED) is 0.864. The van der Waals surface area contributed by atoms with Crippen LogP contribution in [0.25, 0.3) is 5.69 Å². The Morgan fingerprint density at radius 2 is 1.85 bits per heavy atom. The van der Waals surface area contributed by atoms with Crippen molar-refractivity contribution in [2.45, 2.75) is 40.2 Å². The van der Waals surface area contributed by atoms with Gasteiger partial charge in [-0.05, 0) is 50.4 Å². The largest absolute Gasteiger partial charge is 0.310 e. The van der Waals surface area contributed by atoms with Crippen LogP contribution in [0.4, 0.5) is 0 Å². The van der Waals surface area contributed by atoms with Gasteiger partial charge < -0.3 is 9.88 Å². The van der Waals surface area contributed by atoms with E-state index in [-0.39, 0.29) is 0 Å². The number of aromatic nitrogens is 2. The maximum Gasteiger partial charge on any atom is 0.110 e. The summed E-state index contributed by atoms with van der Waals surface area (Å²) in [5.74, 6) is 1.77. The molecule has 3 heteroatoms. The number of benzene rings is 1. The lowest BCUT2D eigenvalue weighted by Crippen LogP contribution is -2.20. The van der Waals surface area contributed by atoms with Crippen molar-refractivity contribution in [2.75, 3.05) is 6.54 Å². The van der Waals surface area contributed by atoms with Gasteiger partial charge in [-0.3, -0.25) is 0 Å². The van der Waals surface area contributed by atoms with Gasteiger partial charge in [0.1, 0.15) is 5.82 Å². The van der Waals surface area contributed by atoms with Crippen LogP contribution in [0, 0.1) is 12.8 Å². The summed E-state index contributed by atoms with van der Waals surface area (Å²) in [6.07, 6.45) is 5.05. The van der Waals surface area contributed by atoms with E-state index in [2.05, 4.69) is 59.9 Å². The van der Waals surface area contributed by atoms with Gasteiger partial charge in [-0.15, -0.1) is 0 Å². The Bertz CT molecular complexity index is 525. The van der Waals surface area contributed by atoms with E-state index in [9.17, 15) is 0 Å². The van der Waals surface area contributed by atoms with Gasteiger partial charge in [0.05, 0.1) is 0 Å². The topological polar surface area (TPSA) is 29.9 Å². The first-order valence-electron chi connectivity index (χ1n) is 7.41. The number of hydrogen-bond acceptors (Lipinski definition) is 2. The van der Waals surface area contributed by atoms with E-state index in [1.807, 2.05) is 19.3 Å². The Morgan fingerprint density at radius 1 is 1.15 bits per heavy atom. The van der Waals surface area contributed by atoms with Gasteiger partial charge in [0, 0.05) is 24.1 Å². The molecule has 1 aromatic heterocycles. The van der Waals surface area contributed by atoms with E-state index in [4.69, 9.17) is 0 Å². The molecule has 0 radical (unpaired) electrons. The van der Waals surface area contributed by atoms with Crippen molar-refractivity contribution in [3.63, 3.8) is 0 Å². The van der Waals surface area contributed by atoms with Crippen LogP contribution in [0.5, 0.6) is 0 Å².